The van der Waals surface area contributed by atoms with Crippen LogP contribution in [-0.4, -0.2) is 62.7 Å². The molecule has 2 aromatic heterocycles. The summed E-state index contributed by atoms with van der Waals surface area (Å²) in [6, 6.07) is 3.91. The number of aromatic amines is 1. The number of pyridine rings is 1. The second kappa shape index (κ2) is 7.18. The van der Waals surface area contributed by atoms with Crippen molar-refractivity contribution in [3.63, 3.8) is 0 Å². The van der Waals surface area contributed by atoms with Gasteiger partial charge in [-0.15, -0.1) is 0 Å². The SMILES string of the molecule is O=C(C1CCCN(C(=O)C2CC2)C1)N1CCC(c2nc3ncccc3[nH]2)CC1. The lowest BCUT2D eigenvalue weighted by Gasteiger charge is -2.37. The predicted molar refractivity (Wildman–Crippen MR) is 104 cm³/mol. The molecule has 3 aliphatic rings. The molecule has 0 bridgehead atoms. The van der Waals surface area contributed by atoms with Gasteiger partial charge in [-0.2, -0.15) is 0 Å². The van der Waals surface area contributed by atoms with Gasteiger partial charge in [0.2, 0.25) is 11.8 Å². The molecule has 0 spiro atoms. The Balaban J connectivity index is 1.19. The summed E-state index contributed by atoms with van der Waals surface area (Å²) in [6.45, 7) is 2.96. The molecule has 7 nitrogen and oxygen atoms in total. The first kappa shape index (κ1) is 17.6. The molecule has 1 unspecified atom stereocenters. The van der Waals surface area contributed by atoms with Crippen LogP contribution in [0.3, 0.4) is 0 Å². The molecule has 0 aromatic carbocycles. The van der Waals surface area contributed by atoms with Crippen LogP contribution in [0.5, 0.6) is 0 Å². The van der Waals surface area contributed by atoms with E-state index in [4.69, 9.17) is 0 Å². The first-order valence-electron chi connectivity index (χ1n) is 10.6. The van der Waals surface area contributed by atoms with Crippen molar-refractivity contribution in [3.8, 4) is 0 Å². The van der Waals surface area contributed by atoms with E-state index in [1.165, 1.54) is 0 Å². The fourth-order valence-electron chi connectivity index (χ4n) is 4.66. The number of H-pyrrole nitrogens is 1. The number of carbonyl (C=O) groups is 2. The van der Waals surface area contributed by atoms with Gasteiger partial charge in [-0.1, -0.05) is 0 Å². The summed E-state index contributed by atoms with van der Waals surface area (Å²) in [5.74, 6) is 2.05. The number of piperidine rings is 2. The van der Waals surface area contributed by atoms with Gasteiger partial charge in [0.05, 0.1) is 11.4 Å². The summed E-state index contributed by atoms with van der Waals surface area (Å²) in [5, 5.41) is 0. The molecule has 2 amide bonds. The molecule has 28 heavy (non-hydrogen) atoms. The van der Waals surface area contributed by atoms with Gasteiger partial charge in [0.25, 0.3) is 0 Å². The number of carbonyl (C=O) groups excluding carboxylic acids is 2. The summed E-state index contributed by atoms with van der Waals surface area (Å²) in [7, 11) is 0. The number of imidazole rings is 1. The molecule has 5 rings (SSSR count). The molecular formula is C21H27N5O2. The Bertz CT molecular complexity index is 849. The molecule has 7 heteroatoms. The first-order valence-corrected chi connectivity index (χ1v) is 10.6. The smallest absolute Gasteiger partial charge is 0.227 e. The fraction of sp³-hybridized carbons (Fsp3) is 0.619. The maximum absolute atomic E-state index is 13.0. The van der Waals surface area contributed by atoms with Gasteiger partial charge >= 0.3 is 0 Å². The van der Waals surface area contributed by atoms with Crippen LogP contribution < -0.4 is 0 Å². The largest absolute Gasteiger partial charge is 0.342 e. The van der Waals surface area contributed by atoms with Crippen LogP contribution in [-0.2, 0) is 9.59 Å². The highest BCUT2D eigenvalue weighted by atomic mass is 16.2. The quantitative estimate of drug-likeness (QED) is 0.885. The molecule has 2 aliphatic heterocycles. The maximum atomic E-state index is 13.0. The van der Waals surface area contributed by atoms with E-state index in [9.17, 15) is 9.59 Å². The normalized spacial score (nSPS) is 23.9. The number of nitrogens with zero attached hydrogens (tertiary/aromatic N) is 4. The molecule has 4 heterocycles. The van der Waals surface area contributed by atoms with Crippen molar-refractivity contribution in [2.45, 2.75) is 44.4 Å². The van der Waals surface area contributed by atoms with Gasteiger partial charge in [-0.3, -0.25) is 9.59 Å². The second-order valence-electron chi connectivity index (χ2n) is 8.49. The van der Waals surface area contributed by atoms with Gasteiger partial charge in [0.15, 0.2) is 5.65 Å². The summed E-state index contributed by atoms with van der Waals surface area (Å²) in [6.07, 6.45) is 7.50. The number of hydrogen-bond donors (Lipinski definition) is 1. The molecule has 2 aromatic rings. The number of aromatic nitrogens is 3. The highest BCUT2D eigenvalue weighted by Crippen LogP contribution is 2.33. The highest BCUT2D eigenvalue weighted by molar-refractivity contribution is 5.83. The lowest BCUT2D eigenvalue weighted by Crippen LogP contribution is -2.48. The second-order valence-corrected chi connectivity index (χ2v) is 8.49. The maximum Gasteiger partial charge on any atom is 0.227 e. The van der Waals surface area contributed by atoms with E-state index < -0.39 is 0 Å². The summed E-state index contributed by atoms with van der Waals surface area (Å²) < 4.78 is 0. The molecule has 1 atom stereocenters. The third-order valence-electron chi connectivity index (χ3n) is 6.48. The van der Waals surface area contributed by atoms with Gasteiger partial charge in [-0.05, 0) is 50.7 Å². The summed E-state index contributed by atoms with van der Waals surface area (Å²) in [5.41, 5.74) is 1.73. The van der Waals surface area contributed by atoms with Crippen LogP contribution >= 0.6 is 0 Å². The number of likely N-dealkylation sites (tertiary alicyclic amines) is 2. The van der Waals surface area contributed by atoms with Gasteiger partial charge in [0.1, 0.15) is 5.82 Å². The molecule has 0 radical (unpaired) electrons. The van der Waals surface area contributed by atoms with E-state index >= 15 is 0 Å². The minimum atomic E-state index is -0.0246. The molecular weight excluding hydrogens is 354 g/mol. The van der Waals surface area contributed by atoms with Crippen molar-refractivity contribution in [3.05, 3.63) is 24.2 Å². The van der Waals surface area contributed by atoms with E-state index in [1.807, 2.05) is 21.9 Å². The Labute approximate surface area is 164 Å². The van der Waals surface area contributed by atoms with Crippen molar-refractivity contribution < 1.29 is 9.59 Å². The van der Waals surface area contributed by atoms with Crippen LogP contribution in [0.2, 0.25) is 0 Å². The predicted octanol–water partition coefficient (Wildman–Crippen LogP) is 2.31. The van der Waals surface area contributed by atoms with E-state index in [2.05, 4.69) is 15.0 Å². The average Bonchev–Trinajstić information content (AvgIpc) is 3.51. The zero-order chi connectivity index (χ0) is 19.1. The van der Waals surface area contributed by atoms with Gasteiger partial charge in [0, 0.05) is 44.2 Å². The molecule has 1 N–H and O–H groups in total. The van der Waals surface area contributed by atoms with Crippen molar-refractivity contribution >= 4 is 23.0 Å². The third kappa shape index (κ3) is 3.38. The van der Waals surface area contributed by atoms with E-state index in [1.54, 1.807) is 6.20 Å². The minimum absolute atomic E-state index is 0.0246. The fourth-order valence-corrected chi connectivity index (χ4v) is 4.66. The Morgan fingerprint density at radius 3 is 2.50 bits per heavy atom. The Hall–Kier alpha value is -2.44. The zero-order valence-electron chi connectivity index (χ0n) is 16.1. The number of fused-ring (bicyclic) bond motifs is 1. The van der Waals surface area contributed by atoms with Crippen LogP contribution in [0.4, 0.5) is 0 Å². The highest BCUT2D eigenvalue weighted by Gasteiger charge is 2.38. The van der Waals surface area contributed by atoms with Crippen LogP contribution in [0, 0.1) is 11.8 Å². The number of nitrogens with one attached hydrogen (secondary N) is 1. The minimum Gasteiger partial charge on any atom is -0.342 e. The first-order chi connectivity index (χ1) is 13.7. The van der Waals surface area contributed by atoms with E-state index in [0.29, 0.717) is 12.5 Å². The number of rotatable bonds is 3. The summed E-state index contributed by atoms with van der Waals surface area (Å²) in [4.78, 5) is 41.7. The van der Waals surface area contributed by atoms with Crippen molar-refractivity contribution in [1.29, 1.82) is 0 Å². The Morgan fingerprint density at radius 1 is 0.964 bits per heavy atom. The van der Waals surface area contributed by atoms with Crippen LogP contribution in [0.25, 0.3) is 11.2 Å². The molecule has 1 saturated carbocycles. The molecule has 2 saturated heterocycles. The number of amides is 2. The number of hydrogen-bond acceptors (Lipinski definition) is 4. The monoisotopic (exact) mass is 381 g/mol. The van der Waals surface area contributed by atoms with Gasteiger partial charge in [-0.25, -0.2) is 9.97 Å². The molecule has 1 aliphatic carbocycles. The zero-order valence-corrected chi connectivity index (χ0v) is 16.1. The topological polar surface area (TPSA) is 82.2 Å². The van der Waals surface area contributed by atoms with E-state index in [0.717, 1.165) is 75.1 Å². The summed E-state index contributed by atoms with van der Waals surface area (Å²) >= 11 is 0. The molecule has 148 valence electrons. The van der Waals surface area contributed by atoms with Crippen molar-refractivity contribution in [1.82, 2.24) is 24.8 Å². The third-order valence-corrected chi connectivity index (χ3v) is 6.48. The van der Waals surface area contributed by atoms with E-state index in [-0.39, 0.29) is 23.7 Å². The van der Waals surface area contributed by atoms with Gasteiger partial charge < -0.3 is 14.8 Å². The van der Waals surface area contributed by atoms with Crippen LogP contribution in [0.15, 0.2) is 18.3 Å². The Morgan fingerprint density at radius 2 is 1.75 bits per heavy atom. The molecule has 3 fully saturated rings. The van der Waals surface area contributed by atoms with Crippen molar-refractivity contribution in [2.24, 2.45) is 11.8 Å². The lowest BCUT2D eigenvalue weighted by molar-refractivity contribution is -0.142. The lowest BCUT2D eigenvalue weighted by atomic mass is 9.92. The van der Waals surface area contributed by atoms with Crippen LogP contribution in [0.1, 0.15) is 50.3 Å². The average molecular weight is 381 g/mol. The Kier molecular flexibility index (Phi) is 4.53. The van der Waals surface area contributed by atoms with Crippen molar-refractivity contribution in [2.75, 3.05) is 26.2 Å². The standard InChI is InChI=1S/C21H27N5O2/c27-20(15-5-6-15)26-10-2-3-16(13-26)21(28)25-11-7-14(8-12-25)18-23-17-4-1-9-22-19(17)24-18/h1,4,9,14-16H,2-3,5-8,10-13H2,(H,22,23,24).